The predicted octanol–water partition coefficient (Wildman–Crippen LogP) is -0.397. The van der Waals surface area contributed by atoms with Crippen molar-refractivity contribution >= 4 is 11.8 Å². The summed E-state index contributed by atoms with van der Waals surface area (Å²) in [5, 5.41) is 3.25. The van der Waals surface area contributed by atoms with Crippen LogP contribution in [0, 0.1) is 0 Å². The third kappa shape index (κ3) is 3.22. The first-order chi connectivity index (χ1) is 12.6. The highest BCUT2D eigenvalue weighted by molar-refractivity contribution is 5.98. The number of carbonyl (C=O) groups excluding carboxylic acids is 2. The molecule has 3 heterocycles. The summed E-state index contributed by atoms with van der Waals surface area (Å²) in [5.74, 6) is 1.11. The molecule has 140 valence electrons. The Kier molecular flexibility index (Phi) is 4.69. The highest BCUT2D eigenvalue weighted by Gasteiger charge is 2.36. The number of ether oxygens (including phenoxy) is 2. The van der Waals surface area contributed by atoms with Gasteiger partial charge in [0.15, 0.2) is 11.5 Å². The molecule has 4 rings (SSSR count). The summed E-state index contributed by atoms with van der Waals surface area (Å²) < 4.78 is 10.7. The van der Waals surface area contributed by atoms with Crippen LogP contribution in [-0.2, 0) is 4.79 Å². The van der Waals surface area contributed by atoms with Gasteiger partial charge in [0.05, 0.1) is 0 Å². The summed E-state index contributed by atoms with van der Waals surface area (Å²) in [6, 6.07) is 4.71. The van der Waals surface area contributed by atoms with Gasteiger partial charge in [-0.15, -0.1) is 0 Å². The zero-order chi connectivity index (χ0) is 18.1. The molecule has 1 aromatic carbocycles. The molecule has 2 saturated heterocycles. The van der Waals surface area contributed by atoms with E-state index in [1.54, 1.807) is 23.1 Å². The van der Waals surface area contributed by atoms with Crippen LogP contribution in [0.2, 0.25) is 0 Å². The molecule has 3 aliphatic rings. The normalized spacial score (nSPS) is 23.2. The second kappa shape index (κ2) is 7.13. The van der Waals surface area contributed by atoms with E-state index in [1.807, 2.05) is 4.90 Å². The summed E-state index contributed by atoms with van der Waals surface area (Å²) in [6.45, 7) is 4.99. The summed E-state index contributed by atoms with van der Waals surface area (Å²) >= 11 is 0. The largest absolute Gasteiger partial charge is 0.454 e. The number of rotatable bonds is 2. The number of piperazine rings is 2. The number of nitrogens with one attached hydrogen (secondary N) is 1. The van der Waals surface area contributed by atoms with E-state index in [9.17, 15) is 9.59 Å². The molecule has 2 amide bonds. The lowest BCUT2D eigenvalue weighted by molar-refractivity contribution is -0.138. The molecule has 8 nitrogen and oxygen atoms in total. The van der Waals surface area contributed by atoms with Crippen molar-refractivity contribution in [2.45, 2.75) is 6.04 Å². The Hall–Kier alpha value is -2.32. The number of carbonyl (C=O) groups is 2. The van der Waals surface area contributed by atoms with Crippen molar-refractivity contribution < 1.29 is 19.1 Å². The number of hydrogen-bond acceptors (Lipinski definition) is 6. The number of likely N-dealkylation sites (N-methyl/N-ethyl adjacent to an activating group) is 1. The fourth-order valence-electron chi connectivity index (χ4n) is 3.60. The van der Waals surface area contributed by atoms with E-state index in [0.717, 1.165) is 13.1 Å². The van der Waals surface area contributed by atoms with Crippen molar-refractivity contribution in [1.82, 2.24) is 20.0 Å². The SMILES string of the molecule is CN1CCN(C(=O)C2CNCCN2C(=O)c2ccc3c(c2)OCO3)CC1. The summed E-state index contributed by atoms with van der Waals surface area (Å²) in [7, 11) is 2.06. The van der Waals surface area contributed by atoms with Crippen molar-refractivity contribution in [1.29, 1.82) is 0 Å². The van der Waals surface area contributed by atoms with E-state index < -0.39 is 6.04 Å². The van der Waals surface area contributed by atoms with Crippen molar-refractivity contribution in [3.05, 3.63) is 23.8 Å². The van der Waals surface area contributed by atoms with Gasteiger partial charge in [-0.1, -0.05) is 0 Å². The molecule has 0 saturated carbocycles. The van der Waals surface area contributed by atoms with Crippen LogP contribution >= 0.6 is 0 Å². The van der Waals surface area contributed by atoms with E-state index in [2.05, 4.69) is 17.3 Å². The maximum atomic E-state index is 13.1. The number of amides is 2. The summed E-state index contributed by atoms with van der Waals surface area (Å²) in [5.41, 5.74) is 0.521. The fraction of sp³-hybridized carbons (Fsp3) is 0.556. The van der Waals surface area contributed by atoms with E-state index in [0.29, 0.717) is 49.8 Å². The molecule has 0 bridgehead atoms. The first-order valence-electron chi connectivity index (χ1n) is 9.02. The van der Waals surface area contributed by atoms with E-state index >= 15 is 0 Å². The molecule has 26 heavy (non-hydrogen) atoms. The van der Waals surface area contributed by atoms with Gasteiger partial charge in [-0.25, -0.2) is 0 Å². The summed E-state index contributed by atoms with van der Waals surface area (Å²) in [6.07, 6.45) is 0. The van der Waals surface area contributed by atoms with Crippen LogP contribution in [0.25, 0.3) is 0 Å². The molecule has 8 heteroatoms. The van der Waals surface area contributed by atoms with Crippen molar-refractivity contribution in [3.63, 3.8) is 0 Å². The Morgan fingerprint density at radius 1 is 1.08 bits per heavy atom. The van der Waals surface area contributed by atoms with Crippen molar-refractivity contribution in [3.8, 4) is 11.5 Å². The summed E-state index contributed by atoms with van der Waals surface area (Å²) in [4.78, 5) is 31.9. The minimum absolute atomic E-state index is 0.0272. The van der Waals surface area contributed by atoms with Gasteiger partial charge < -0.3 is 29.5 Å². The van der Waals surface area contributed by atoms with E-state index in [4.69, 9.17) is 9.47 Å². The van der Waals surface area contributed by atoms with Crippen LogP contribution in [0.4, 0.5) is 0 Å². The molecule has 3 aliphatic heterocycles. The van der Waals surface area contributed by atoms with Gasteiger partial charge in [0.25, 0.3) is 5.91 Å². The second-order valence-electron chi connectivity index (χ2n) is 6.92. The molecule has 1 atom stereocenters. The van der Waals surface area contributed by atoms with E-state index in [-0.39, 0.29) is 18.6 Å². The Morgan fingerprint density at radius 2 is 1.85 bits per heavy atom. The molecular weight excluding hydrogens is 336 g/mol. The number of nitrogens with zero attached hydrogens (tertiary/aromatic N) is 3. The third-order valence-corrected chi connectivity index (χ3v) is 5.22. The number of benzene rings is 1. The molecule has 0 radical (unpaired) electrons. The lowest BCUT2D eigenvalue weighted by Gasteiger charge is -2.40. The Bertz CT molecular complexity index is 702. The molecule has 1 aromatic rings. The van der Waals surface area contributed by atoms with Gasteiger partial charge in [-0.3, -0.25) is 9.59 Å². The monoisotopic (exact) mass is 360 g/mol. The van der Waals surface area contributed by atoms with Crippen LogP contribution in [-0.4, -0.2) is 92.2 Å². The van der Waals surface area contributed by atoms with Gasteiger partial charge in [0, 0.05) is 51.4 Å². The standard InChI is InChI=1S/C18H24N4O4/c1-20-6-8-21(9-7-20)18(24)14-11-19-4-5-22(14)17(23)13-2-3-15-16(10-13)26-12-25-15/h2-3,10,14,19H,4-9,11-12H2,1H3. The minimum atomic E-state index is -0.468. The predicted molar refractivity (Wildman–Crippen MR) is 94.3 cm³/mol. The van der Waals surface area contributed by atoms with Gasteiger partial charge in [-0.05, 0) is 25.2 Å². The molecular formula is C18H24N4O4. The van der Waals surface area contributed by atoms with Crippen LogP contribution in [0.3, 0.4) is 0 Å². The van der Waals surface area contributed by atoms with Crippen LogP contribution < -0.4 is 14.8 Å². The smallest absolute Gasteiger partial charge is 0.254 e. The van der Waals surface area contributed by atoms with Crippen molar-refractivity contribution in [2.75, 3.05) is 59.7 Å². The second-order valence-corrected chi connectivity index (χ2v) is 6.92. The maximum Gasteiger partial charge on any atom is 0.254 e. The van der Waals surface area contributed by atoms with Crippen LogP contribution in [0.15, 0.2) is 18.2 Å². The van der Waals surface area contributed by atoms with Gasteiger partial charge in [0.1, 0.15) is 6.04 Å². The zero-order valence-electron chi connectivity index (χ0n) is 14.9. The van der Waals surface area contributed by atoms with Crippen LogP contribution in [0.5, 0.6) is 11.5 Å². The van der Waals surface area contributed by atoms with Crippen LogP contribution in [0.1, 0.15) is 10.4 Å². The number of hydrogen-bond donors (Lipinski definition) is 1. The molecule has 0 aliphatic carbocycles. The van der Waals surface area contributed by atoms with Gasteiger partial charge in [0.2, 0.25) is 12.7 Å². The lowest BCUT2D eigenvalue weighted by Crippen LogP contribution is -2.62. The minimum Gasteiger partial charge on any atom is -0.454 e. The lowest BCUT2D eigenvalue weighted by atomic mass is 10.1. The first kappa shape index (κ1) is 17.1. The first-order valence-corrected chi connectivity index (χ1v) is 9.02. The highest BCUT2D eigenvalue weighted by atomic mass is 16.7. The maximum absolute atomic E-state index is 13.1. The quantitative estimate of drug-likeness (QED) is 0.774. The average Bonchev–Trinajstić information content (AvgIpc) is 3.15. The third-order valence-electron chi connectivity index (χ3n) is 5.22. The van der Waals surface area contributed by atoms with Gasteiger partial charge >= 0.3 is 0 Å². The number of fused-ring (bicyclic) bond motifs is 1. The Labute approximate surface area is 152 Å². The Balaban J connectivity index is 1.51. The molecule has 0 spiro atoms. The average molecular weight is 360 g/mol. The van der Waals surface area contributed by atoms with Gasteiger partial charge in [-0.2, -0.15) is 0 Å². The molecule has 0 aromatic heterocycles. The highest BCUT2D eigenvalue weighted by Crippen LogP contribution is 2.33. The Morgan fingerprint density at radius 3 is 2.65 bits per heavy atom. The fourth-order valence-corrected chi connectivity index (χ4v) is 3.60. The molecule has 1 N–H and O–H groups in total. The zero-order valence-corrected chi connectivity index (χ0v) is 14.9. The van der Waals surface area contributed by atoms with E-state index in [1.165, 1.54) is 0 Å². The molecule has 2 fully saturated rings. The molecule has 1 unspecified atom stereocenters. The topological polar surface area (TPSA) is 74.4 Å². The van der Waals surface area contributed by atoms with Crippen molar-refractivity contribution in [2.24, 2.45) is 0 Å².